The molecule has 0 saturated heterocycles. The number of carboxylic acids is 1. The minimum atomic E-state index is -1.25. The molecule has 1 saturated carbocycles. The van der Waals surface area contributed by atoms with Crippen LogP contribution < -0.4 is 10.2 Å². The van der Waals surface area contributed by atoms with Crippen molar-refractivity contribution in [1.82, 2.24) is 19.7 Å². The molecule has 4 rings (SSSR count). The Morgan fingerprint density at radius 3 is 2.64 bits per heavy atom. The summed E-state index contributed by atoms with van der Waals surface area (Å²) in [6.07, 6.45) is 4.63. The molecule has 0 bridgehead atoms. The van der Waals surface area contributed by atoms with Crippen molar-refractivity contribution in [1.29, 1.82) is 0 Å². The van der Waals surface area contributed by atoms with Crippen LogP contribution in [0.1, 0.15) is 54.6 Å². The summed E-state index contributed by atoms with van der Waals surface area (Å²) in [6, 6.07) is 8.41. The number of carbonyl (C=O) groups excluding carboxylic acids is 2. The molecule has 3 aromatic rings. The summed E-state index contributed by atoms with van der Waals surface area (Å²) >= 11 is 0. The zero-order chi connectivity index (χ0) is 26.0. The van der Waals surface area contributed by atoms with E-state index in [-0.39, 0.29) is 17.1 Å². The van der Waals surface area contributed by atoms with Crippen molar-refractivity contribution in [2.75, 3.05) is 16.8 Å². The number of aryl methyl sites for hydroxylation is 1. The van der Waals surface area contributed by atoms with Gasteiger partial charge in [-0.2, -0.15) is 5.10 Å². The highest BCUT2D eigenvalue weighted by Gasteiger charge is 2.31. The van der Waals surface area contributed by atoms with E-state index in [1.54, 1.807) is 42.4 Å². The molecule has 0 unspecified atom stereocenters. The van der Waals surface area contributed by atoms with Crippen molar-refractivity contribution < 1.29 is 24.2 Å². The fourth-order valence-electron chi connectivity index (χ4n) is 3.51. The molecule has 0 aliphatic heterocycles. The van der Waals surface area contributed by atoms with Gasteiger partial charge in [-0.3, -0.25) is 14.4 Å². The van der Waals surface area contributed by atoms with Crippen LogP contribution in [0.4, 0.5) is 16.3 Å². The number of aromatic carboxylic acids is 1. The maximum atomic E-state index is 12.9. The maximum absolute atomic E-state index is 12.9. The Hall–Kier alpha value is -4.28. The van der Waals surface area contributed by atoms with Gasteiger partial charge in [0.15, 0.2) is 5.69 Å². The molecule has 1 fully saturated rings. The molecule has 2 N–H and O–H groups in total. The number of nitrogens with one attached hydrogen (secondary N) is 1. The average molecular weight is 493 g/mol. The van der Waals surface area contributed by atoms with Gasteiger partial charge < -0.3 is 15.2 Å². The zero-order valence-corrected chi connectivity index (χ0v) is 20.6. The molecular weight excluding hydrogens is 464 g/mol. The minimum Gasteiger partial charge on any atom is -0.476 e. The summed E-state index contributed by atoms with van der Waals surface area (Å²) in [4.78, 5) is 47.5. The summed E-state index contributed by atoms with van der Waals surface area (Å²) in [5.41, 5.74) is 0.403. The smallest absolute Gasteiger partial charge is 0.416 e. The van der Waals surface area contributed by atoms with Crippen molar-refractivity contribution >= 4 is 29.5 Å². The maximum Gasteiger partial charge on any atom is 0.416 e. The quantitative estimate of drug-likeness (QED) is 0.505. The highest BCUT2D eigenvalue weighted by molar-refractivity contribution is 6.06. The van der Waals surface area contributed by atoms with Crippen molar-refractivity contribution in [3.63, 3.8) is 0 Å². The first-order valence-corrected chi connectivity index (χ1v) is 11.5. The number of pyridine rings is 2. The van der Waals surface area contributed by atoms with E-state index in [2.05, 4.69) is 20.4 Å². The molecule has 1 aliphatic carbocycles. The number of carboxylic acid groups (broad SMARTS) is 1. The van der Waals surface area contributed by atoms with Crippen LogP contribution in [0, 0.1) is 5.92 Å². The normalized spacial score (nSPS) is 13.2. The SMILES string of the molecule is Cn1cc(NC(=O)c2cccc(-c3ccnc(N(CC4CC4)C(=O)OC(C)(C)C)c3)n2)c(C(=O)O)n1. The summed E-state index contributed by atoms with van der Waals surface area (Å²) in [6.45, 7) is 5.96. The molecule has 0 radical (unpaired) electrons. The lowest BCUT2D eigenvalue weighted by Gasteiger charge is -2.27. The number of amides is 2. The zero-order valence-electron chi connectivity index (χ0n) is 20.6. The summed E-state index contributed by atoms with van der Waals surface area (Å²) in [5, 5.41) is 15.7. The van der Waals surface area contributed by atoms with E-state index in [1.165, 1.54) is 16.9 Å². The van der Waals surface area contributed by atoms with Crippen molar-refractivity contribution in [2.45, 2.75) is 39.2 Å². The van der Waals surface area contributed by atoms with Gasteiger partial charge in [-0.05, 0) is 63.8 Å². The van der Waals surface area contributed by atoms with Gasteiger partial charge in [0, 0.05) is 31.5 Å². The number of anilines is 2. The number of aromatic nitrogens is 4. The molecule has 188 valence electrons. The number of rotatable bonds is 7. The van der Waals surface area contributed by atoms with Gasteiger partial charge in [-0.25, -0.2) is 19.6 Å². The molecule has 3 aromatic heterocycles. The predicted molar refractivity (Wildman–Crippen MR) is 132 cm³/mol. The molecule has 36 heavy (non-hydrogen) atoms. The lowest BCUT2D eigenvalue weighted by molar-refractivity contribution is 0.0576. The third-order valence-electron chi connectivity index (χ3n) is 5.33. The molecule has 0 spiro atoms. The van der Waals surface area contributed by atoms with Crippen LogP contribution in [0.2, 0.25) is 0 Å². The van der Waals surface area contributed by atoms with E-state index < -0.39 is 23.6 Å². The molecule has 1 aliphatic rings. The molecule has 0 aromatic carbocycles. The van der Waals surface area contributed by atoms with Crippen LogP contribution in [-0.4, -0.2) is 55.0 Å². The average Bonchev–Trinajstić information content (AvgIpc) is 3.56. The van der Waals surface area contributed by atoms with Crippen LogP contribution in [0.25, 0.3) is 11.3 Å². The Bertz CT molecular complexity index is 1310. The Kier molecular flexibility index (Phi) is 6.73. The fraction of sp³-hybridized carbons (Fsp3) is 0.360. The molecule has 2 amide bonds. The van der Waals surface area contributed by atoms with E-state index in [1.807, 2.05) is 20.8 Å². The van der Waals surface area contributed by atoms with E-state index in [4.69, 9.17) is 4.74 Å². The Balaban J connectivity index is 1.59. The Morgan fingerprint density at radius 1 is 1.22 bits per heavy atom. The second-order valence-corrected chi connectivity index (χ2v) is 9.67. The number of ether oxygens (including phenoxy) is 1. The first-order valence-electron chi connectivity index (χ1n) is 11.5. The lowest BCUT2D eigenvalue weighted by atomic mass is 10.1. The minimum absolute atomic E-state index is 0.0708. The fourth-order valence-corrected chi connectivity index (χ4v) is 3.51. The van der Waals surface area contributed by atoms with Crippen molar-refractivity contribution in [3.8, 4) is 11.3 Å². The lowest BCUT2D eigenvalue weighted by Crippen LogP contribution is -2.38. The highest BCUT2D eigenvalue weighted by atomic mass is 16.6. The van der Waals surface area contributed by atoms with E-state index in [0.29, 0.717) is 29.5 Å². The van der Waals surface area contributed by atoms with Gasteiger partial charge in [0.05, 0.1) is 11.4 Å². The van der Waals surface area contributed by atoms with Crippen LogP contribution in [0.3, 0.4) is 0 Å². The van der Waals surface area contributed by atoms with Crippen LogP contribution in [-0.2, 0) is 11.8 Å². The van der Waals surface area contributed by atoms with Crippen molar-refractivity contribution in [2.24, 2.45) is 13.0 Å². The van der Waals surface area contributed by atoms with Crippen LogP contribution in [0.15, 0.2) is 42.7 Å². The Morgan fingerprint density at radius 2 is 1.97 bits per heavy atom. The van der Waals surface area contributed by atoms with Gasteiger partial charge in [-0.15, -0.1) is 0 Å². The van der Waals surface area contributed by atoms with Crippen molar-refractivity contribution in [3.05, 3.63) is 54.1 Å². The molecule has 0 atom stereocenters. The Labute approximate surface area is 208 Å². The van der Waals surface area contributed by atoms with E-state index in [0.717, 1.165) is 12.8 Å². The first-order chi connectivity index (χ1) is 17.0. The van der Waals surface area contributed by atoms with Gasteiger partial charge in [0.2, 0.25) is 0 Å². The molecular formula is C25H28N6O5. The monoisotopic (exact) mass is 492 g/mol. The highest BCUT2D eigenvalue weighted by Crippen LogP contribution is 2.32. The van der Waals surface area contributed by atoms with E-state index in [9.17, 15) is 19.5 Å². The summed E-state index contributed by atoms with van der Waals surface area (Å²) < 4.78 is 6.90. The second-order valence-electron chi connectivity index (χ2n) is 9.67. The number of nitrogens with zero attached hydrogens (tertiary/aromatic N) is 5. The molecule has 11 heteroatoms. The number of hydrogen-bond acceptors (Lipinski definition) is 7. The molecule has 3 heterocycles. The van der Waals surface area contributed by atoms with Crippen LogP contribution >= 0.6 is 0 Å². The molecule has 11 nitrogen and oxygen atoms in total. The van der Waals surface area contributed by atoms with E-state index >= 15 is 0 Å². The predicted octanol–water partition coefficient (Wildman–Crippen LogP) is 3.98. The first kappa shape index (κ1) is 24.8. The van der Waals surface area contributed by atoms with Gasteiger partial charge in [-0.1, -0.05) is 6.07 Å². The summed E-state index contributed by atoms with van der Waals surface area (Å²) in [7, 11) is 1.56. The topological polar surface area (TPSA) is 140 Å². The third-order valence-corrected chi connectivity index (χ3v) is 5.33. The second kappa shape index (κ2) is 9.76. The largest absolute Gasteiger partial charge is 0.476 e. The van der Waals surface area contributed by atoms with Gasteiger partial charge in [0.25, 0.3) is 5.91 Å². The summed E-state index contributed by atoms with van der Waals surface area (Å²) in [5.74, 6) is -0.980. The third kappa shape index (κ3) is 6.04. The number of hydrogen-bond donors (Lipinski definition) is 2. The van der Waals surface area contributed by atoms with Crippen LogP contribution in [0.5, 0.6) is 0 Å². The van der Waals surface area contributed by atoms with Gasteiger partial charge in [0.1, 0.15) is 17.1 Å². The standard InChI is InChI=1S/C25H28N6O5/c1-25(2,3)36-24(35)31(13-15-8-9-15)20-12-16(10-11-26-20)17-6-5-7-18(27-17)22(32)28-19-14-30(4)29-21(19)23(33)34/h5-7,10-12,14-15H,8-9,13H2,1-4H3,(H,28,32)(H,33,34). The number of carbonyl (C=O) groups is 3. The van der Waals surface area contributed by atoms with Gasteiger partial charge >= 0.3 is 12.1 Å².